The van der Waals surface area contributed by atoms with Gasteiger partial charge in [-0.2, -0.15) is 0 Å². The summed E-state index contributed by atoms with van der Waals surface area (Å²) in [5.74, 6) is 0.490. The lowest BCUT2D eigenvalue weighted by molar-refractivity contribution is 0.0744. The van der Waals surface area contributed by atoms with Crippen molar-refractivity contribution >= 4 is 29.0 Å². The molecule has 0 atom stereocenters. The van der Waals surface area contributed by atoms with Gasteiger partial charge in [0.05, 0.1) is 24.6 Å². The van der Waals surface area contributed by atoms with Gasteiger partial charge in [0.15, 0.2) is 5.82 Å². The van der Waals surface area contributed by atoms with E-state index in [1.807, 2.05) is 24.3 Å². The molecule has 2 N–H and O–H groups in total. The summed E-state index contributed by atoms with van der Waals surface area (Å²) in [7, 11) is 4.94. The van der Waals surface area contributed by atoms with E-state index >= 15 is 0 Å². The number of fused-ring (bicyclic) bond motifs is 1. The summed E-state index contributed by atoms with van der Waals surface area (Å²) < 4.78 is 6.49. The smallest absolute Gasteiger partial charge is 0.293 e. The summed E-state index contributed by atoms with van der Waals surface area (Å²) in [5.41, 5.74) is 6.12. The van der Waals surface area contributed by atoms with Gasteiger partial charge in [-0.25, -0.2) is 4.98 Å². The van der Waals surface area contributed by atoms with E-state index in [4.69, 9.17) is 4.74 Å². The van der Waals surface area contributed by atoms with Gasteiger partial charge >= 0.3 is 0 Å². The molecule has 0 spiro atoms. The molecular formula is C35H37N5O5. The largest absolute Gasteiger partial charge is 0.392 e. The molecule has 0 unspecified atom stereocenters. The highest BCUT2D eigenvalue weighted by atomic mass is 16.5. The van der Waals surface area contributed by atoms with Gasteiger partial charge in [-0.15, -0.1) is 0 Å². The van der Waals surface area contributed by atoms with Gasteiger partial charge in [0.2, 0.25) is 0 Å². The highest BCUT2D eigenvalue weighted by molar-refractivity contribution is 6.09. The van der Waals surface area contributed by atoms with Crippen LogP contribution in [0.1, 0.15) is 56.2 Å². The maximum Gasteiger partial charge on any atom is 0.293 e. The molecule has 1 aromatic heterocycles. The molecule has 1 aliphatic carbocycles. The van der Waals surface area contributed by atoms with Gasteiger partial charge in [0.25, 0.3) is 17.4 Å². The molecule has 4 aromatic rings. The predicted octanol–water partition coefficient (Wildman–Crippen LogP) is 4.48. The second-order valence-corrected chi connectivity index (χ2v) is 11.7. The molecule has 0 saturated heterocycles. The Morgan fingerprint density at radius 1 is 1.09 bits per heavy atom. The highest BCUT2D eigenvalue weighted by Crippen LogP contribution is 2.41. The van der Waals surface area contributed by atoms with E-state index in [9.17, 15) is 19.5 Å². The molecule has 1 aliphatic heterocycles. The zero-order valence-corrected chi connectivity index (χ0v) is 25.7. The van der Waals surface area contributed by atoms with Crippen molar-refractivity contribution in [2.24, 2.45) is 7.05 Å². The van der Waals surface area contributed by atoms with Crippen molar-refractivity contribution in [2.45, 2.75) is 31.8 Å². The minimum atomic E-state index is -0.340. The number of aliphatic hydroxyl groups is 1. The van der Waals surface area contributed by atoms with Crippen LogP contribution >= 0.6 is 0 Å². The molecular weight excluding hydrogens is 570 g/mol. The number of rotatable bonds is 10. The van der Waals surface area contributed by atoms with E-state index in [-0.39, 0.29) is 29.8 Å². The van der Waals surface area contributed by atoms with E-state index in [2.05, 4.69) is 22.4 Å². The first-order valence-corrected chi connectivity index (χ1v) is 15.2. The number of aromatic nitrogens is 2. The molecule has 1 saturated carbocycles. The van der Waals surface area contributed by atoms with Gasteiger partial charge in [-0.05, 0) is 72.7 Å². The number of benzene rings is 3. The summed E-state index contributed by atoms with van der Waals surface area (Å²) in [5, 5.41) is 13.7. The number of methoxy groups -OCH3 is 1. The van der Waals surface area contributed by atoms with Crippen LogP contribution < -0.4 is 15.8 Å². The molecule has 2 heterocycles. The number of aryl methyl sites for hydroxylation is 1. The lowest BCUT2D eigenvalue weighted by Gasteiger charge is -2.31. The minimum absolute atomic E-state index is 0.0898. The number of nitrogens with zero attached hydrogens (tertiary/aromatic N) is 4. The first kappa shape index (κ1) is 30.2. The van der Waals surface area contributed by atoms with Gasteiger partial charge in [-0.1, -0.05) is 24.3 Å². The zero-order valence-electron chi connectivity index (χ0n) is 25.7. The summed E-state index contributed by atoms with van der Waals surface area (Å²) in [6, 6.07) is 18.5. The molecule has 6 rings (SSSR count). The third-order valence-electron chi connectivity index (χ3n) is 8.58. The SMILES string of the molecule is COCCN(C)C(=O)c1ccc(Nc2nc(-c3cccc(N4CCc5cc(C6CC6)ccc5C4=O)c3CO)cn(C)c2=O)cc1. The molecule has 10 nitrogen and oxygen atoms in total. The Morgan fingerprint density at radius 2 is 1.87 bits per heavy atom. The van der Waals surface area contributed by atoms with Crippen molar-refractivity contribution < 1.29 is 19.4 Å². The third-order valence-corrected chi connectivity index (χ3v) is 8.58. The maximum atomic E-state index is 13.7. The number of hydrogen-bond acceptors (Lipinski definition) is 7. The number of nitrogens with one attached hydrogen (secondary N) is 1. The number of anilines is 3. The van der Waals surface area contributed by atoms with E-state index in [1.165, 1.54) is 23.0 Å². The lowest BCUT2D eigenvalue weighted by Crippen LogP contribution is -2.38. The molecule has 2 aliphatic rings. The number of amides is 2. The van der Waals surface area contributed by atoms with Crippen molar-refractivity contribution in [1.82, 2.24) is 14.5 Å². The quantitative estimate of drug-likeness (QED) is 0.273. The fourth-order valence-electron chi connectivity index (χ4n) is 5.84. The summed E-state index contributed by atoms with van der Waals surface area (Å²) in [6.45, 7) is 1.10. The molecule has 232 valence electrons. The number of likely N-dealkylation sites (N-methyl/N-ethyl adjacent to an activating group) is 1. The summed E-state index contributed by atoms with van der Waals surface area (Å²) >= 11 is 0. The van der Waals surface area contributed by atoms with E-state index in [1.54, 1.807) is 61.5 Å². The third kappa shape index (κ3) is 6.11. The zero-order chi connectivity index (χ0) is 31.7. The monoisotopic (exact) mass is 607 g/mol. The van der Waals surface area contributed by atoms with Crippen LogP contribution in [0.5, 0.6) is 0 Å². The molecule has 1 fully saturated rings. The van der Waals surface area contributed by atoms with Crippen LogP contribution in [0.25, 0.3) is 11.3 Å². The van der Waals surface area contributed by atoms with Crippen LogP contribution in [0.2, 0.25) is 0 Å². The van der Waals surface area contributed by atoms with Crippen LogP contribution in [0.3, 0.4) is 0 Å². The number of hydrogen-bond donors (Lipinski definition) is 2. The Morgan fingerprint density at radius 3 is 2.58 bits per heavy atom. The van der Waals surface area contributed by atoms with Crippen molar-refractivity contribution in [1.29, 1.82) is 0 Å². The van der Waals surface area contributed by atoms with Gasteiger partial charge < -0.3 is 29.5 Å². The number of ether oxygens (including phenoxy) is 1. The first-order chi connectivity index (χ1) is 21.8. The second-order valence-electron chi connectivity index (χ2n) is 11.7. The topological polar surface area (TPSA) is 117 Å². The summed E-state index contributed by atoms with van der Waals surface area (Å²) in [6.07, 6.45) is 4.78. The molecule has 0 bridgehead atoms. The molecule has 45 heavy (non-hydrogen) atoms. The standard InChI is InChI=1S/C35H37N5O5/c1-38(17-18-45-3)33(42)23-9-12-26(13-10-23)36-32-35(44)39(2)20-30(37-32)28-5-4-6-31(29(28)21-41)40-16-15-25-19-24(22-7-8-22)11-14-27(25)34(40)43/h4-6,9-14,19-20,22,41H,7-8,15-18,21H2,1-3H3,(H,36,37). The Balaban J connectivity index is 1.27. The number of aliphatic hydroxyl groups excluding tert-OH is 1. The number of carbonyl (C=O) groups is 2. The van der Waals surface area contributed by atoms with Gasteiger partial charge in [0.1, 0.15) is 0 Å². The van der Waals surface area contributed by atoms with Crippen molar-refractivity contribution in [3.8, 4) is 11.3 Å². The van der Waals surface area contributed by atoms with E-state index < -0.39 is 0 Å². The Kier molecular flexibility index (Phi) is 8.51. The molecule has 3 aromatic carbocycles. The average molecular weight is 608 g/mol. The molecule has 2 amide bonds. The van der Waals surface area contributed by atoms with Crippen molar-refractivity contribution in [3.05, 3.63) is 105 Å². The van der Waals surface area contributed by atoms with Crippen LogP contribution in [0.4, 0.5) is 17.2 Å². The minimum Gasteiger partial charge on any atom is -0.392 e. The van der Waals surface area contributed by atoms with Crippen molar-refractivity contribution in [2.75, 3.05) is 44.1 Å². The Hall–Kier alpha value is -4.80. The van der Waals surface area contributed by atoms with Crippen LogP contribution in [0.15, 0.2) is 71.7 Å². The fraction of sp³-hybridized carbons (Fsp3) is 0.314. The van der Waals surface area contributed by atoms with Gasteiger partial charge in [0, 0.05) is 68.4 Å². The van der Waals surface area contributed by atoms with E-state index in [0.717, 1.165) is 12.0 Å². The predicted molar refractivity (Wildman–Crippen MR) is 173 cm³/mol. The highest BCUT2D eigenvalue weighted by Gasteiger charge is 2.30. The fourth-order valence-corrected chi connectivity index (χ4v) is 5.84. The number of carbonyl (C=O) groups excluding carboxylic acids is 2. The van der Waals surface area contributed by atoms with Crippen molar-refractivity contribution in [3.63, 3.8) is 0 Å². The van der Waals surface area contributed by atoms with E-state index in [0.29, 0.717) is 64.9 Å². The molecule has 0 radical (unpaired) electrons. The lowest BCUT2D eigenvalue weighted by atomic mass is 9.93. The summed E-state index contributed by atoms with van der Waals surface area (Å²) in [4.78, 5) is 47.4. The Bertz CT molecular complexity index is 1810. The normalized spacial score (nSPS) is 14.3. The molecule has 10 heteroatoms. The van der Waals surface area contributed by atoms with Crippen LogP contribution in [-0.4, -0.2) is 65.2 Å². The Labute approximate surface area is 261 Å². The van der Waals surface area contributed by atoms with Crippen LogP contribution in [-0.2, 0) is 24.8 Å². The van der Waals surface area contributed by atoms with Gasteiger partial charge in [-0.3, -0.25) is 14.4 Å². The van der Waals surface area contributed by atoms with Crippen LogP contribution in [0, 0.1) is 0 Å². The first-order valence-electron chi connectivity index (χ1n) is 15.2. The second kappa shape index (κ2) is 12.7. The average Bonchev–Trinajstić information content (AvgIpc) is 3.91. The maximum absolute atomic E-state index is 13.7.